The van der Waals surface area contributed by atoms with Crippen LogP contribution in [0.3, 0.4) is 0 Å². The fourth-order valence-electron chi connectivity index (χ4n) is 4.20. The Balaban J connectivity index is 3.46. The maximum absolute atomic E-state index is 14.2. The highest BCUT2D eigenvalue weighted by molar-refractivity contribution is 7.98. The molecule has 0 aromatic heterocycles. The van der Waals surface area contributed by atoms with Gasteiger partial charge in [0.15, 0.2) is 0 Å². The Kier molecular flexibility index (Phi) is 16.0. The van der Waals surface area contributed by atoms with Crippen LogP contribution in [0.15, 0.2) is 18.2 Å². The van der Waals surface area contributed by atoms with Gasteiger partial charge in [0.05, 0.1) is 0 Å². The lowest BCUT2D eigenvalue weighted by Gasteiger charge is -2.35. The van der Waals surface area contributed by atoms with Crippen LogP contribution in [0.4, 0.5) is 4.79 Å². The lowest BCUT2D eigenvalue weighted by atomic mass is 9.99. The molecule has 1 aromatic rings. The average molecular weight is 566 g/mol. The maximum atomic E-state index is 14.2. The molecule has 1 rings (SSSR count). The molecular weight excluding hydrogens is 514 g/mol. The summed E-state index contributed by atoms with van der Waals surface area (Å²) in [5.74, 6) is 0.205. The van der Waals surface area contributed by atoms with Crippen molar-refractivity contribution in [3.05, 3.63) is 29.3 Å². The zero-order chi connectivity index (χ0) is 29.4. The summed E-state index contributed by atoms with van der Waals surface area (Å²) in [6, 6.07) is 3.28. The molecule has 0 aliphatic heterocycles. The summed E-state index contributed by atoms with van der Waals surface area (Å²) in [5, 5.41) is 15.9. The summed E-state index contributed by atoms with van der Waals surface area (Å²) >= 11 is 1.58. The van der Waals surface area contributed by atoms with Gasteiger partial charge in [-0.1, -0.05) is 52.0 Å². The van der Waals surface area contributed by atoms with Crippen molar-refractivity contribution in [3.8, 4) is 5.75 Å². The summed E-state index contributed by atoms with van der Waals surface area (Å²) < 4.78 is 5.46. The van der Waals surface area contributed by atoms with E-state index in [2.05, 4.69) is 24.5 Å². The number of nitrogens with one attached hydrogen (secondary N) is 2. The van der Waals surface area contributed by atoms with Crippen LogP contribution in [0.2, 0.25) is 0 Å². The number of hydrogen-bond donors (Lipinski definition) is 3. The Labute approximate surface area is 240 Å². The normalized spacial score (nSPS) is 12.9. The van der Waals surface area contributed by atoms with E-state index in [4.69, 9.17) is 4.74 Å². The summed E-state index contributed by atoms with van der Waals surface area (Å²) in [6.45, 7) is 12.2. The lowest BCUT2D eigenvalue weighted by Crippen LogP contribution is -2.53. The number of phenolic OH excluding ortho intramolecular Hbond substituents is 1. The second-order valence-electron chi connectivity index (χ2n) is 11.0. The van der Waals surface area contributed by atoms with E-state index >= 15 is 0 Å². The molecule has 39 heavy (non-hydrogen) atoms. The highest BCUT2D eigenvalue weighted by Crippen LogP contribution is 2.28. The van der Waals surface area contributed by atoms with E-state index in [9.17, 15) is 19.5 Å². The van der Waals surface area contributed by atoms with Gasteiger partial charge in [-0.25, -0.2) is 4.79 Å². The Hall–Kier alpha value is -2.42. The minimum Gasteiger partial charge on any atom is -0.508 e. The van der Waals surface area contributed by atoms with Crippen molar-refractivity contribution in [3.63, 3.8) is 0 Å². The molecule has 0 radical (unpaired) electrons. The van der Waals surface area contributed by atoms with Crippen molar-refractivity contribution < 1.29 is 24.2 Å². The second-order valence-corrected chi connectivity index (χ2v) is 12.0. The Morgan fingerprint density at radius 2 is 1.72 bits per heavy atom. The molecule has 0 fully saturated rings. The number of amides is 3. The summed E-state index contributed by atoms with van der Waals surface area (Å²) in [5.41, 5.74) is 0.545. The van der Waals surface area contributed by atoms with Gasteiger partial charge in [0.2, 0.25) is 11.8 Å². The van der Waals surface area contributed by atoms with Crippen molar-refractivity contribution in [2.24, 2.45) is 0 Å². The van der Waals surface area contributed by atoms with E-state index in [0.717, 1.165) is 44.9 Å². The first-order valence-corrected chi connectivity index (χ1v) is 15.7. The molecule has 3 N–H and O–H groups in total. The van der Waals surface area contributed by atoms with Crippen LogP contribution in [-0.2, 0) is 14.3 Å². The van der Waals surface area contributed by atoms with Crippen molar-refractivity contribution >= 4 is 29.7 Å². The monoisotopic (exact) mass is 565 g/mol. The number of unbranched alkanes of at least 4 members (excludes halogenated alkanes) is 5. The molecule has 222 valence electrons. The molecule has 0 aliphatic carbocycles. The number of nitrogens with zero attached hydrogens (tertiary/aromatic N) is 1. The quantitative estimate of drug-likeness (QED) is 0.197. The largest absolute Gasteiger partial charge is 0.508 e. The molecule has 1 aromatic carbocycles. The smallest absolute Gasteiger partial charge is 0.408 e. The molecule has 9 heteroatoms. The molecular formula is C30H51N3O5S. The fourth-order valence-corrected chi connectivity index (χ4v) is 4.67. The van der Waals surface area contributed by atoms with E-state index in [1.54, 1.807) is 62.6 Å². The van der Waals surface area contributed by atoms with Crippen LogP contribution in [0.5, 0.6) is 5.75 Å². The lowest BCUT2D eigenvalue weighted by molar-refractivity contribution is -0.142. The molecule has 0 saturated heterocycles. The Morgan fingerprint density at radius 1 is 1.05 bits per heavy atom. The van der Waals surface area contributed by atoms with Crippen LogP contribution in [0, 0.1) is 6.92 Å². The minimum absolute atomic E-state index is 0.130. The second kappa shape index (κ2) is 18.0. The third-order valence-electron chi connectivity index (χ3n) is 6.31. The summed E-state index contributed by atoms with van der Waals surface area (Å²) in [7, 11) is 0. The van der Waals surface area contributed by atoms with Gasteiger partial charge in [0.1, 0.15) is 23.4 Å². The third kappa shape index (κ3) is 13.0. The van der Waals surface area contributed by atoms with Crippen molar-refractivity contribution in [1.29, 1.82) is 0 Å². The van der Waals surface area contributed by atoms with E-state index in [0.29, 0.717) is 36.4 Å². The van der Waals surface area contributed by atoms with Crippen LogP contribution in [0.1, 0.15) is 103 Å². The molecule has 0 bridgehead atoms. The topological polar surface area (TPSA) is 108 Å². The molecule has 0 saturated carbocycles. The van der Waals surface area contributed by atoms with Gasteiger partial charge < -0.3 is 25.4 Å². The van der Waals surface area contributed by atoms with Gasteiger partial charge in [-0.15, -0.1) is 0 Å². The number of carbonyl (C=O) groups excluding carboxylic acids is 3. The number of aromatic hydroxyl groups is 1. The predicted octanol–water partition coefficient (Wildman–Crippen LogP) is 6.10. The maximum Gasteiger partial charge on any atom is 0.408 e. The number of hydrogen-bond acceptors (Lipinski definition) is 6. The van der Waals surface area contributed by atoms with Crippen LogP contribution in [-0.4, -0.2) is 64.7 Å². The molecule has 0 spiro atoms. The number of thioether (sulfide) groups is 1. The Morgan fingerprint density at radius 3 is 2.31 bits per heavy atom. The highest BCUT2D eigenvalue weighted by Gasteiger charge is 2.36. The zero-order valence-electron chi connectivity index (χ0n) is 25.1. The van der Waals surface area contributed by atoms with Crippen molar-refractivity contribution in [1.82, 2.24) is 15.5 Å². The number of benzene rings is 1. The molecule has 8 nitrogen and oxygen atoms in total. The van der Waals surface area contributed by atoms with E-state index < -0.39 is 23.8 Å². The Bertz CT molecular complexity index is 903. The molecule has 2 unspecified atom stereocenters. The van der Waals surface area contributed by atoms with Gasteiger partial charge in [-0.2, -0.15) is 11.8 Å². The van der Waals surface area contributed by atoms with E-state index in [-0.39, 0.29) is 17.6 Å². The van der Waals surface area contributed by atoms with E-state index in [1.165, 1.54) is 0 Å². The van der Waals surface area contributed by atoms with Gasteiger partial charge in [0, 0.05) is 13.1 Å². The first-order chi connectivity index (χ1) is 18.4. The highest BCUT2D eigenvalue weighted by atomic mass is 32.2. The summed E-state index contributed by atoms with van der Waals surface area (Å²) in [6.07, 6.45) is 8.40. The number of carbonyl (C=O) groups is 3. The van der Waals surface area contributed by atoms with E-state index in [1.807, 2.05) is 6.26 Å². The van der Waals surface area contributed by atoms with Gasteiger partial charge in [0.25, 0.3) is 0 Å². The first kappa shape index (κ1) is 34.6. The first-order valence-electron chi connectivity index (χ1n) is 14.3. The third-order valence-corrected chi connectivity index (χ3v) is 6.96. The number of alkyl carbamates (subject to hydrolysis) is 1. The SMILES string of the molecule is CCCCCCCN(C(=O)C(CCSC)NC(=O)OC(C)(C)C)C(C(=O)NCCCC)c1ccc(O)c(C)c1. The number of ether oxygens (including phenoxy) is 1. The molecule has 3 amide bonds. The fraction of sp³-hybridized carbons (Fsp3) is 0.700. The number of phenols is 1. The number of rotatable bonds is 17. The van der Waals surface area contributed by atoms with Gasteiger partial charge in [-0.3, -0.25) is 9.59 Å². The zero-order valence-corrected chi connectivity index (χ0v) is 25.9. The molecule has 0 heterocycles. The van der Waals surface area contributed by atoms with Crippen LogP contribution >= 0.6 is 11.8 Å². The molecule has 2 atom stereocenters. The average Bonchev–Trinajstić information content (AvgIpc) is 2.86. The van der Waals surface area contributed by atoms with Gasteiger partial charge in [-0.05, 0) is 82.2 Å². The molecule has 0 aliphatic rings. The van der Waals surface area contributed by atoms with Crippen LogP contribution < -0.4 is 10.6 Å². The van der Waals surface area contributed by atoms with Crippen molar-refractivity contribution in [2.75, 3.05) is 25.1 Å². The predicted molar refractivity (Wildman–Crippen MR) is 160 cm³/mol. The summed E-state index contributed by atoms with van der Waals surface area (Å²) in [4.78, 5) is 42.2. The number of aryl methyl sites for hydroxylation is 1. The standard InChI is InChI=1S/C30H51N3O5S/c1-8-10-12-13-14-19-33(28(36)24(17-20-39-7)32-29(37)38-30(4,5)6)26(27(35)31-18-11-9-2)23-15-16-25(34)22(3)21-23/h15-16,21,24,26,34H,8-14,17-20H2,1-7H3,(H,31,35)(H,32,37). The van der Waals surface area contributed by atoms with Crippen molar-refractivity contribution in [2.45, 2.75) is 111 Å². The van der Waals surface area contributed by atoms with Gasteiger partial charge >= 0.3 is 6.09 Å². The minimum atomic E-state index is -0.892. The van der Waals surface area contributed by atoms with Crippen LogP contribution in [0.25, 0.3) is 0 Å².